The van der Waals surface area contributed by atoms with E-state index >= 15 is 0 Å². The Morgan fingerprint density at radius 1 is 1.27 bits per heavy atom. The number of likely N-dealkylation sites (tertiary alicyclic amines) is 1. The fourth-order valence-corrected chi connectivity index (χ4v) is 3.73. The average molecular weight is 359 g/mol. The highest BCUT2D eigenvalue weighted by molar-refractivity contribution is 5.94. The molecule has 26 heavy (non-hydrogen) atoms. The molecule has 2 aliphatic heterocycles. The molecule has 2 aliphatic rings. The van der Waals surface area contributed by atoms with E-state index in [1.165, 1.54) is 25.3 Å². The fraction of sp³-hybridized carbons (Fsp3) is 0.500. The van der Waals surface area contributed by atoms with E-state index in [-0.39, 0.29) is 11.7 Å². The summed E-state index contributed by atoms with van der Waals surface area (Å²) in [6, 6.07) is 4.25. The molecule has 2 aromatic rings. The number of ether oxygens (including phenoxy) is 1. The van der Waals surface area contributed by atoms with E-state index in [1.54, 1.807) is 0 Å². The number of hydrogen-bond acceptors (Lipinski definition) is 5. The van der Waals surface area contributed by atoms with E-state index < -0.39 is 5.82 Å². The zero-order valence-electron chi connectivity index (χ0n) is 14.7. The molecule has 0 spiro atoms. The van der Waals surface area contributed by atoms with Gasteiger partial charge in [-0.2, -0.15) is 0 Å². The number of amides is 1. The van der Waals surface area contributed by atoms with Crippen molar-refractivity contribution in [3.05, 3.63) is 41.2 Å². The van der Waals surface area contributed by atoms with Crippen molar-refractivity contribution in [2.45, 2.75) is 31.8 Å². The molecular formula is C18H22FN5O2. The molecule has 0 aliphatic carbocycles. The van der Waals surface area contributed by atoms with Crippen molar-refractivity contribution < 1.29 is 13.9 Å². The van der Waals surface area contributed by atoms with Crippen molar-refractivity contribution in [1.29, 1.82) is 0 Å². The first kappa shape index (κ1) is 17.0. The highest BCUT2D eigenvalue weighted by atomic mass is 19.1. The van der Waals surface area contributed by atoms with Gasteiger partial charge in [-0.25, -0.2) is 4.39 Å². The molecule has 1 N–H and O–H groups in total. The number of carbonyl (C=O) groups is 1. The van der Waals surface area contributed by atoms with E-state index in [9.17, 15) is 9.18 Å². The quantitative estimate of drug-likeness (QED) is 0.900. The normalized spacial score (nSPS) is 17.8. The number of methoxy groups -OCH3 is 1. The Balaban J connectivity index is 1.43. The van der Waals surface area contributed by atoms with Crippen LogP contribution in [0.2, 0.25) is 0 Å². The molecular weight excluding hydrogens is 337 g/mol. The van der Waals surface area contributed by atoms with Crippen LogP contribution in [-0.4, -0.2) is 52.3 Å². The number of benzene rings is 1. The molecule has 7 nitrogen and oxygen atoms in total. The highest BCUT2D eigenvalue weighted by Crippen LogP contribution is 2.29. The van der Waals surface area contributed by atoms with Crippen LogP contribution < -0.4 is 10.1 Å². The molecule has 0 radical (unpaired) electrons. The fourth-order valence-electron chi connectivity index (χ4n) is 3.73. The summed E-state index contributed by atoms with van der Waals surface area (Å²) in [5, 5.41) is 12.0. The minimum atomic E-state index is -0.464. The van der Waals surface area contributed by atoms with Crippen LogP contribution in [0.15, 0.2) is 18.2 Å². The van der Waals surface area contributed by atoms with Crippen LogP contribution in [0.4, 0.5) is 4.39 Å². The second kappa shape index (κ2) is 7.03. The van der Waals surface area contributed by atoms with Crippen LogP contribution in [0.25, 0.3) is 0 Å². The summed E-state index contributed by atoms with van der Waals surface area (Å²) in [5.74, 6) is 1.89. The maximum Gasteiger partial charge on any atom is 0.253 e. The number of fused-ring (bicyclic) bond motifs is 1. The highest BCUT2D eigenvalue weighted by Gasteiger charge is 2.29. The van der Waals surface area contributed by atoms with E-state index in [4.69, 9.17) is 4.74 Å². The lowest BCUT2D eigenvalue weighted by molar-refractivity contribution is 0.0709. The summed E-state index contributed by atoms with van der Waals surface area (Å²) >= 11 is 0. The van der Waals surface area contributed by atoms with Gasteiger partial charge in [0.15, 0.2) is 11.6 Å². The molecule has 8 heteroatoms. The number of carbonyl (C=O) groups excluding carboxylic acids is 1. The molecule has 1 aromatic carbocycles. The molecule has 1 fully saturated rings. The van der Waals surface area contributed by atoms with Gasteiger partial charge in [0, 0.05) is 37.7 Å². The molecule has 0 atom stereocenters. The van der Waals surface area contributed by atoms with Gasteiger partial charge in [-0.05, 0) is 31.0 Å². The average Bonchev–Trinajstić information content (AvgIpc) is 3.12. The monoisotopic (exact) mass is 359 g/mol. The van der Waals surface area contributed by atoms with Gasteiger partial charge in [-0.15, -0.1) is 10.2 Å². The first-order valence-electron chi connectivity index (χ1n) is 8.93. The number of nitrogens with one attached hydrogen (secondary N) is 1. The number of rotatable bonds is 3. The Labute approximate surface area is 151 Å². The van der Waals surface area contributed by atoms with Gasteiger partial charge in [0.25, 0.3) is 5.91 Å². The van der Waals surface area contributed by atoms with E-state index in [1.807, 2.05) is 4.90 Å². The number of aromatic nitrogens is 3. The SMILES string of the molecule is COc1cc(C(=O)N2CCC(c3nnc4n3CCNC4)CC2)ccc1F. The van der Waals surface area contributed by atoms with Crippen molar-refractivity contribution >= 4 is 5.91 Å². The lowest BCUT2D eigenvalue weighted by Crippen LogP contribution is -2.39. The van der Waals surface area contributed by atoms with Crippen LogP contribution in [0, 0.1) is 5.82 Å². The zero-order chi connectivity index (χ0) is 18.1. The minimum absolute atomic E-state index is 0.0887. The predicted octanol–water partition coefficient (Wildman–Crippen LogP) is 1.55. The first-order valence-corrected chi connectivity index (χ1v) is 8.93. The van der Waals surface area contributed by atoms with Gasteiger partial charge in [0.2, 0.25) is 0 Å². The van der Waals surface area contributed by atoms with Crippen molar-refractivity contribution in [2.75, 3.05) is 26.7 Å². The molecule has 138 valence electrons. The summed E-state index contributed by atoms with van der Waals surface area (Å²) in [7, 11) is 1.40. The van der Waals surface area contributed by atoms with Gasteiger partial charge >= 0.3 is 0 Å². The smallest absolute Gasteiger partial charge is 0.253 e. The number of hydrogen-bond donors (Lipinski definition) is 1. The van der Waals surface area contributed by atoms with Crippen molar-refractivity contribution in [1.82, 2.24) is 25.0 Å². The lowest BCUT2D eigenvalue weighted by Gasteiger charge is -2.32. The Kier molecular flexibility index (Phi) is 4.58. The van der Waals surface area contributed by atoms with E-state index in [2.05, 4.69) is 20.1 Å². The predicted molar refractivity (Wildman–Crippen MR) is 92.6 cm³/mol. The largest absolute Gasteiger partial charge is 0.494 e. The summed E-state index contributed by atoms with van der Waals surface area (Å²) < 4.78 is 20.7. The molecule has 0 unspecified atom stereocenters. The van der Waals surface area contributed by atoms with Gasteiger partial charge in [-0.1, -0.05) is 0 Å². The summed E-state index contributed by atoms with van der Waals surface area (Å²) in [4.78, 5) is 14.5. The Hall–Kier alpha value is -2.48. The molecule has 1 amide bonds. The standard InChI is InChI=1S/C18H22FN5O2/c1-26-15-10-13(2-3-14(15)19)18(25)23-7-4-12(5-8-23)17-22-21-16-11-20-6-9-24(16)17/h2-3,10,12,20H,4-9,11H2,1H3. The van der Waals surface area contributed by atoms with Crippen LogP contribution in [0.3, 0.4) is 0 Å². The third-order valence-corrected chi connectivity index (χ3v) is 5.20. The second-order valence-electron chi connectivity index (χ2n) is 6.72. The third kappa shape index (κ3) is 3.05. The van der Waals surface area contributed by atoms with Crippen LogP contribution in [0.1, 0.15) is 40.8 Å². The number of piperidine rings is 1. The summed E-state index contributed by atoms with van der Waals surface area (Å²) in [6.45, 7) is 3.90. The van der Waals surface area contributed by atoms with Gasteiger partial charge < -0.3 is 19.5 Å². The van der Waals surface area contributed by atoms with E-state index in [0.717, 1.165) is 44.1 Å². The first-order chi connectivity index (χ1) is 12.7. The zero-order valence-corrected chi connectivity index (χ0v) is 14.7. The number of nitrogens with zero attached hydrogens (tertiary/aromatic N) is 4. The minimum Gasteiger partial charge on any atom is -0.494 e. The maximum atomic E-state index is 13.6. The van der Waals surface area contributed by atoms with Gasteiger partial charge in [0.1, 0.15) is 11.6 Å². The topological polar surface area (TPSA) is 72.3 Å². The van der Waals surface area contributed by atoms with Crippen LogP contribution in [-0.2, 0) is 13.1 Å². The molecule has 4 rings (SSSR count). The Bertz CT molecular complexity index is 814. The van der Waals surface area contributed by atoms with E-state index in [0.29, 0.717) is 24.6 Å². The van der Waals surface area contributed by atoms with Gasteiger partial charge in [0.05, 0.1) is 13.7 Å². The maximum absolute atomic E-state index is 13.6. The molecule has 1 saturated heterocycles. The van der Waals surface area contributed by atoms with Crippen LogP contribution in [0.5, 0.6) is 5.75 Å². The molecule has 0 saturated carbocycles. The molecule has 0 bridgehead atoms. The Morgan fingerprint density at radius 2 is 2.08 bits per heavy atom. The molecule has 3 heterocycles. The summed E-state index contributed by atoms with van der Waals surface area (Å²) in [6.07, 6.45) is 1.71. The van der Waals surface area contributed by atoms with Crippen molar-refractivity contribution in [2.24, 2.45) is 0 Å². The van der Waals surface area contributed by atoms with Crippen LogP contribution >= 0.6 is 0 Å². The Morgan fingerprint density at radius 3 is 2.85 bits per heavy atom. The second-order valence-corrected chi connectivity index (χ2v) is 6.72. The lowest BCUT2D eigenvalue weighted by atomic mass is 9.95. The molecule has 1 aromatic heterocycles. The van der Waals surface area contributed by atoms with Crippen molar-refractivity contribution in [3.63, 3.8) is 0 Å². The summed E-state index contributed by atoms with van der Waals surface area (Å²) in [5.41, 5.74) is 0.452. The third-order valence-electron chi connectivity index (χ3n) is 5.20. The van der Waals surface area contributed by atoms with Crippen molar-refractivity contribution in [3.8, 4) is 5.75 Å². The number of halogens is 1. The van der Waals surface area contributed by atoms with Gasteiger partial charge in [-0.3, -0.25) is 4.79 Å².